The summed E-state index contributed by atoms with van der Waals surface area (Å²) >= 11 is 0. The number of piperidine rings is 2. The molecule has 2 aliphatic rings. The Labute approximate surface area is 157 Å². The second-order valence-electron chi connectivity index (χ2n) is 7.84. The molecule has 0 aliphatic carbocycles. The molecule has 1 aromatic heterocycles. The fraction of sp³-hybridized carbons (Fsp3) is 0.778. The first-order chi connectivity index (χ1) is 12.3. The van der Waals surface area contributed by atoms with Crippen molar-refractivity contribution in [3.05, 3.63) is 18.0 Å². The van der Waals surface area contributed by atoms with Gasteiger partial charge in [0, 0.05) is 51.2 Å². The Hall–Kier alpha value is -1.25. The maximum Gasteiger partial charge on any atom is 0.224 e. The normalized spacial score (nSPS) is 23.9. The van der Waals surface area contributed by atoms with Gasteiger partial charge in [-0.05, 0) is 44.7 Å². The smallest absolute Gasteiger partial charge is 0.224 e. The fourth-order valence-corrected chi connectivity index (χ4v) is 5.46. The van der Waals surface area contributed by atoms with E-state index in [1.807, 2.05) is 31.4 Å². The summed E-state index contributed by atoms with van der Waals surface area (Å²) in [5.74, 6) is 1.21. The van der Waals surface area contributed by atoms with Crippen molar-refractivity contribution in [2.75, 3.05) is 44.9 Å². The molecule has 0 bridgehead atoms. The summed E-state index contributed by atoms with van der Waals surface area (Å²) in [7, 11) is 0.772. The SMILES string of the molecule is CN(C)c1ncc(CN2CCC([C@H]3CCCCN3S(C)(=O)=O)CC2)cn1. The third kappa shape index (κ3) is 4.72. The second-order valence-corrected chi connectivity index (χ2v) is 9.77. The summed E-state index contributed by atoms with van der Waals surface area (Å²) in [6.07, 6.45) is 10.4. The van der Waals surface area contributed by atoms with Gasteiger partial charge in [-0.15, -0.1) is 0 Å². The lowest BCUT2D eigenvalue weighted by atomic mass is 9.85. The minimum Gasteiger partial charge on any atom is -0.347 e. The molecule has 0 amide bonds. The molecular weight excluding hydrogens is 350 g/mol. The van der Waals surface area contributed by atoms with Crippen LogP contribution in [0.4, 0.5) is 5.95 Å². The predicted molar refractivity (Wildman–Crippen MR) is 104 cm³/mol. The molecule has 2 saturated heterocycles. The zero-order valence-corrected chi connectivity index (χ0v) is 17.0. The van der Waals surface area contributed by atoms with Crippen LogP contribution in [0.25, 0.3) is 0 Å². The number of nitrogens with zero attached hydrogens (tertiary/aromatic N) is 5. The van der Waals surface area contributed by atoms with Crippen LogP contribution in [-0.4, -0.2) is 73.6 Å². The lowest BCUT2D eigenvalue weighted by molar-refractivity contribution is 0.106. The van der Waals surface area contributed by atoms with E-state index in [9.17, 15) is 8.42 Å². The topological polar surface area (TPSA) is 69.6 Å². The van der Waals surface area contributed by atoms with Crippen molar-refractivity contribution in [2.45, 2.75) is 44.7 Å². The number of hydrogen-bond donors (Lipinski definition) is 0. The first-order valence-electron chi connectivity index (χ1n) is 9.52. The average molecular weight is 382 g/mol. The molecule has 0 N–H and O–H groups in total. The summed E-state index contributed by atoms with van der Waals surface area (Å²) in [6, 6.07) is 0.198. The van der Waals surface area contributed by atoms with E-state index in [0.717, 1.165) is 63.3 Å². The van der Waals surface area contributed by atoms with Crippen LogP contribution < -0.4 is 4.90 Å². The molecule has 0 aromatic carbocycles. The van der Waals surface area contributed by atoms with Crippen molar-refractivity contribution in [3.63, 3.8) is 0 Å². The molecule has 26 heavy (non-hydrogen) atoms. The molecule has 0 radical (unpaired) electrons. The average Bonchev–Trinajstić information content (AvgIpc) is 2.62. The summed E-state index contributed by atoms with van der Waals surface area (Å²) in [4.78, 5) is 13.1. The summed E-state index contributed by atoms with van der Waals surface area (Å²) < 4.78 is 26.0. The van der Waals surface area contributed by atoms with Crippen LogP contribution in [0.2, 0.25) is 0 Å². The van der Waals surface area contributed by atoms with Crippen molar-refractivity contribution < 1.29 is 8.42 Å². The van der Waals surface area contributed by atoms with Crippen molar-refractivity contribution in [2.24, 2.45) is 5.92 Å². The van der Waals surface area contributed by atoms with Crippen LogP contribution in [0.5, 0.6) is 0 Å². The van der Waals surface area contributed by atoms with E-state index in [2.05, 4.69) is 14.9 Å². The lowest BCUT2D eigenvalue weighted by Gasteiger charge is -2.42. The third-order valence-corrected chi connectivity index (χ3v) is 6.90. The van der Waals surface area contributed by atoms with Crippen LogP contribution in [0, 0.1) is 5.92 Å². The Morgan fingerprint density at radius 3 is 2.31 bits per heavy atom. The van der Waals surface area contributed by atoms with Gasteiger partial charge >= 0.3 is 0 Å². The first kappa shape index (κ1) is 19.5. The van der Waals surface area contributed by atoms with Crippen LogP contribution in [0.3, 0.4) is 0 Å². The molecule has 0 spiro atoms. The van der Waals surface area contributed by atoms with Crippen molar-refractivity contribution in [1.82, 2.24) is 19.2 Å². The van der Waals surface area contributed by atoms with Gasteiger partial charge in [0.05, 0.1) is 6.26 Å². The largest absolute Gasteiger partial charge is 0.347 e. The van der Waals surface area contributed by atoms with Crippen LogP contribution >= 0.6 is 0 Å². The van der Waals surface area contributed by atoms with E-state index < -0.39 is 10.0 Å². The second kappa shape index (κ2) is 8.19. The van der Waals surface area contributed by atoms with Gasteiger partial charge in [-0.25, -0.2) is 18.4 Å². The lowest BCUT2D eigenvalue weighted by Crippen LogP contribution is -2.49. The molecule has 0 unspecified atom stereocenters. The van der Waals surface area contributed by atoms with Gasteiger partial charge in [-0.1, -0.05) is 6.42 Å². The van der Waals surface area contributed by atoms with E-state index >= 15 is 0 Å². The molecule has 7 nitrogen and oxygen atoms in total. The molecule has 3 heterocycles. The van der Waals surface area contributed by atoms with E-state index in [-0.39, 0.29) is 6.04 Å². The molecule has 146 valence electrons. The third-order valence-electron chi connectivity index (χ3n) is 5.60. The Kier molecular flexibility index (Phi) is 6.14. The highest BCUT2D eigenvalue weighted by Gasteiger charge is 2.36. The zero-order chi connectivity index (χ0) is 18.7. The number of sulfonamides is 1. The van der Waals surface area contributed by atoms with Crippen LogP contribution in [0.15, 0.2) is 12.4 Å². The predicted octanol–water partition coefficient (Wildman–Crippen LogP) is 1.57. The number of hydrogen-bond acceptors (Lipinski definition) is 6. The summed E-state index contributed by atoms with van der Waals surface area (Å²) in [6.45, 7) is 3.57. The molecule has 8 heteroatoms. The van der Waals surface area contributed by atoms with Gasteiger partial charge < -0.3 is 4.90 Å². The number of anilines is 1. The van der Waals surface area contributed by atoms with Crippen molar-refractivity contribution in [3.8, 4) is 0 Å². The number of aromatic nitrogens is 2. The highest BCUT2D eigenvalue weighted by Crippen LogP contribution is 2.32. The summed E-state index contributed by atoms with van der Waals surface area (Å²) in [5.41, 5.74) is 1.13. The van der Waals surface area contributed by atoms with Gasteiger partial charge in [0.15, 0.2) is 0 Å². The fourth-order valence-electron chi connectivity index (χ4n) is 4.23. The first-order valence-corrected chi connectivity index (χ1v) is 11.4. The van der Waals surface area contributed by atoms with E-state index in [0.29, 0.717) is 12.5 Å². The molecule has 1 aromatic rings. The molecular formula is C18H31N5O2S. The maximum atomic E-state index is 12.1. The Morgan fingerprint density at radius 1 is 1.08 bits per heavy atom. The number of likely N-dealkylation sites (tertiary alicyclic amines) is 1. The maximum absolute atomic E-state index is 12.1. The van der Waals surface area contributed by atoms with Gasteiger partial charge in [-0.3, -0.25) is 4.90 Å². The molecule has 2 aliphatic heterocycles. The quantitative estimate of drug-likeness (QED) is 0.771. The van der Waals surface area contributed by atoms with Crippen molar-refractivity contribution >= 4 is 16.0 Å². The Morgan fingerprint density at radius 2 is 1.73 bits per heavy atom. The molecule has 1 atom stereocenters. The van der Waals surface area contributed by atoms with Gasteiger partial charge in [-0.2, -0.15) is 4.31 Å². The highest BCUT2D eigenvalue weighted by atomic mass is 32.2. The standard InChI is InChI=1S/C18H31N5O2S/c1-21(2)18-19-12-15(13-20-18)14-22-10-7-16(8-11-22)17-6-4-5-9-23(17)26(3,24)25/h12-13,16-17H,4-11,14H2,1-3H3/t17-/m1/s1. The van der Waals surface area contributed by atoms with Crippen LogP contribution in [-0.2, 0) is 16.6 Å². The monoisotopic (exact) mass is 381 g/mol. The van der Waals surface area contributed by atoms with E-state index in [4.69, 9.17) is 0 Å². The van der Waals surface area contributed by atoms with Gasteiger partial charge in [0.2, 0.25) is 16.0 Å². The zero-order valence-electron chi connectivity index (χ0n) is 16.1. The molecule has 3 rings (SSSR count). The van der Waals surface area contributed by atoms with Crippen molar-refractivity contribution in [1.29, 1.82) is 0 Å². The minimum atomic E-state index is -3.10. The van der Waals surface area contributed by atoms with E-state index in [1.54, 1.807) is 4.31 Å². The molecule has 2 fully saturated rings. The number of rotatable bonds is 5. The van der Waals surface area contributed by atoms with Gasteiger partial charge in [0.25, 0.3) is 0 Å². The summed E-state index contributed by atoms with van der Waals surface area (Å²) in [5, 5.41) is 0. The molecule has 0 saturated carbocycles. The van der Waals surface area contributed by atoms with Crippen LogP contribution in [0.1, 0.15) is 37.7 Å². The van der Waals surface area contributed by atoms with Gasteiger partial charge in [0.1, 0.15) is 0 Å². The van der Waals surface area contributed by atoms with E-state index in [1.165, 1.54) is 6.26 Å². The highest BCUT2D eigenvalue weighted by molar-refractivity contribution is 7.88. The Balaban J connectivity index is 1.55. The Bertz CT molecular complexity index is 684. The minimum absolute atomic E-state index is 0.198.